The molecule has 0 nitrogen and oxygen atoms in total. The lowest BCUT2D eigenvalue weighted by Gasteiger charge is -2.43. The Kier molecular flexibility index (Phi) is 5.78. The third-order valence-corrected chi connectivity index (χ3v) is 11.8. The van der Waals surface area contributed by atoms with E-state index in [0.717, 1.165) is 0 Å². The van der Waals surface area contributed by atoms with Crippen LogP contribution < -0.4 is 0 Å². The van der Waals surface area contributed by atoms with Gasteiger partial charge in [-0.05, 0) is 119 Å². The highest BCUT2D eigenvalue weighted by Crippen LogP contribution is 2.50. The zero-order chi connectivity index (χ0) is 28.8. The molecule has 2 heteroatoms. The van der Waals surface area contributed by atoms with Crippen LogP contribution in [0.15, 0.2) is 108 Å². The fraction of sp³-hybridized carbons (Fsp3) is 0.200. The van der Waals surface area contributed by atoms with Crippen molar-refractivity contribution in [2.75, 3.05) is 0 Å². The summed E-state index contributed by atoms with van der Waals surface area (Å²) in [6, 6.07) is 38.8. The van der Waals surface area contributed by atoms with Gasteiger partial charge in [0.1, 0.15) is 0 Å². The van der Waals surface area contributed by atoms with E-state index in [0.29, 0.717) is 0 Å². The normalized spacial score (nSPS) is 15.9. The van der Waals surface area contributed by atoms with E-state index < -0.39 is 0 Å². The van der Waals surface area contributed by atoms with Crippen molar-refractivity contribution in [3.05, 3.63) is 119 Å². The largest absolute Gasteiger partial charge is 0.135 e. The number of thiophene rings is 1. The van der Waals surface area contributed by atoms with Gasteiger partial charge in [0, 0.05) is 24.6 Å². The Labute approximate surface area is 260 Å². The predicted octanol–water partition coefficient (Wildman–Crippen LogP) is 12.8. The molecule has 0 saturated carbocycles. The van der Waals surface area contributed by atoms with Gasteiger partial charge in [-0.3, -0.25) is 0 Å². The minimum atomic E-state index is 0.157. The van der Waals surface area contributed by atoms with Gasteiger partial charge in [-0.1, -0.05) is 107 Å². The Balaban J connectivity index is 1.38. The van der Waals surface area contributed by atoms with Crippen molar-refractivity contribution in [1.82, 2.24) is 0 Å². The van der Waals surface area contributed by atoms with Crippen LogP contribution >= 0.6 is 27.3 Å². The second-order valence-electron chi connectivity index (χ2n) is 13.3. The van der Waals surface area contributed by atoms with Crippen molar-refractivity contribution in [2.45, 2.75) is 51.4 Å². The molecular weight excluding hydrogens is 592 g/mol. The van der Waals surface area contributed by atoms with E-state index in [1.807, 2.05) is 11.3 Å². The summed E-state index contributed by atoms with van der Waals surface area (Å²) < 4.78 is 3.86. The third-order valence-electron chi connectivity index (χ3n) is 9.78. The molecule has 0 aliphatic heterocycles. The first-order valence-electron chi connectivity index (χ1n) is 14.9. The fourth-order valence-electron chi connectivity index (χ4n) is 7.46. The van der Waals surface area contributed by atoms with Gasteiger partial charge in [-0.25, -0.2) is 0 Å². The smallest absolute Gasteiger partial charge is 0.0355 e. The average Bonchev–Trinajstić information content (AvgIpc) is 3.37. The molecule has 0 N–H and O–H groups in total. The maximum atomic E-state index is 3.93. The molecule has 1 heterocycles. The Morgan fingerprint density at radius 1 is 0.548 bits per heavy atom. The predicted molar refractivity (Wildman–Crippen MR) is 188 cm³/mol. The van der Waals surface area contributed by atoms with E-state index in [1.54, 1.807) is 0 Å². The quantitative estimate of drug-likeness (QED) is 0.168. The summed E-state index contributed by atoms with van der Waals surface area (Å²) in [5.41, 5.74) is 8.71. The molecule has 0 saturated heterocycles. The molecule has 0 radical (unpaired) electrons. The number of fused-ring (bicyclic) bond motifs is 6. The second-order valence-corrected chi connectivity index (χ2v) is 15.2. The first-order chi connectivity index (χ1) is 20.2. The Hall–Kier alpha value is -3.46. The molecule has 42 heavy (non-hydrogen) atoms. The Bertz CT molecular complexity index is 2150. The molecule has 0 atom stereocenters. The second kappa shape index (κ2) is 9.27. The highest BCUT2D eigenvalue weighted by atomic mass is 79.9. The summed E-state index contributed by atoms with van der Waals surface area (Å²) in [6.07, 6.45) is 2.44. The minimum Gasteiger partial charge on any atom is -0.135 e. The van der Waals surface area contributed by atoms with Gasteiger partial charge < -0.3 is 0 Å². The summed E-state index contributed by atoms with van der Waals surface area (Å²) in [5, 5.41) is 7.76. The Morgan fingerprint density at radius 2 is 1.10 bits per heavy atom. The summed E-state index contributed by atoms with van der Waals surface area (Å²) in [7, 11) is 0. The molecule has 0 amide bonds. The highest BCUT2D eigenvalue weighted by Gasteiger charge is 2.38. The van der Waals surface area contributed by atoms with Gasteiger partial charge in [0.25, 0.3) is 0 Å². The van der Waals surface area contributed by atoms with E-state index in [2.05, 4.69) is 147 Å². The molecule has 0 spiro atoms. The van der Waals surface area contributed by atoms with Crippen LogP contribution in [0.2, 0.25) is 0 Å². The molecule has 206 valence electrons. The molecule has 7 aromatic rings. The highest BCUT2D eigenvalue weighted by molar-refractivity contribution is 9.10. The lowest BCUT2D eigenvalue weighted by Crippen LogP contribution is -2.34. The van der Waals surface area contributed by atoms with E-state index in [-0.39, 0.29) is 10.8 Å². The number of rotatable bonds is 2. The number of benzene rings is 6. The van der Waals surface area contributed by atoms with Gasteiger partial charge in [-0.2, -0.15) is 0 Å². The number of hydrogen-bond donors (Lipinski definition) is 0. The van der Waals surface area contributed by atoms with E-state index in [9.17, 15) is 0 Å². The standard InChI is InChI=1S/C40H33BrS/c1-39(2)20-21-40(3,4)37-26(14-9-15-33(37)39)24-16-18-34-31(22-24)32-23-25(17-19-35(32)42-34)36-27-10-5-7-12-29(27)38(41)30-13-8-6-11-28(30)36/h5-19,22-23H,20-21H2,1-4H3. The zero-order valence-electron chi connectivity index (χ0n) is 24.5. The van der Waals surface area contributed by atoms with Crippen LogP contribution in [-0.4, -0.2) is 0 Å². The maximum Gasteiger partial charge on any atom is 0.0355 e. The van der Waals surface area contributed by atoms with Crippen LogP contribution in [-0.2, 0) is 10.8 Å². The summed E-state index contributed by atoms with van der Waals surface area (Å²) in [6.45, 7) is 9.69. The molecule has 0 bridgehead atoms. The lowest BCUT2D eigenvalue weighted by molar-refractivity contribution is 0.333. The van der Waals surface area contributed by atoms with Gasteiger partial charge in [0.05, 0.1) is 0 Å². The summed E-state index contributed by atoms with van der Waals surface area (Å²) >= 11 is 5.83. The first kappa shape index (κ1) is 26.2. The Morgan fingerprint density at radius 3 is 1.74 bits per heavy atom. The van der Waals surface area contributed by atoms with Crippen LogP contribution in [0.1, 0.15) is 51.7 Å². The van der Waals surface area contributed by atoms with Gasteiger partial charge >= 0.3 is 0 Å². The van der Waals surface area contributed by atoms with Crippen LogP contribution in [0.4, 0.5) is 0 Å². The van der Waals surface area contributed by atoms with Crippen molar-refractivity contribution in [3.63, 3.8) is 0 Å². The topological polar surface area (TPSA) is 0 Å². The van der Waals surface area contributed by atoms with Gasteiger partial charge in [0.2, 0.25) is 0 Å². The van der Waals surface area contributed by atoms with Gasteiger partial charge in [0.15, 0.2) is 0 Å². The molecule has 1 aliphatic rings. The molecule has 1 aromatic heterocycles. The van der Waals surface area contributed by atoms with Crippen molar-refractivity contribution in [2.24, 2.45) is 0 Å². The first-order valence-corrected chi connectivity index (χ1v) is 16.5. The molecule has 0 fully saturated rings. The van der Waals surface area contributed by atoms with Crippen LogP contribution in [0.5, 0.6) is 0 Å². The van der Waals surface area contributed by atoms with Crippen molar-refractivity contribution in [3.8, 4) is 22.3 Å². The van der Waals surface area contributed by atoms with Crippen LogP contribution in [0.3, 0.4) is 0 Å². The molecule has 8 rings (SSSR count). The van der Waals surface area contributed by atoms with Crippen molar-refractivity contribution in [1.29, 1.82) is 0 Å². The van der Waals surface area contributed by atoms with E-state index in [1.165, 1.54) is 92.4 Å². The molecule has 1 aliphatic carbocycles. The SMILES string of the molecule is CC1(C)CCC(C)(C)c2c(-c3ccc4sc5ccc(-c6c7ccccc7c(Br)c7ccccc67)cc5c4c3)cccc21. The fourth-order valence-corrected chi connectivity index (χ4v) is 9.22. The third kappa shape index (κ3) is 3.85. The van der Waals surface area contributed by atoms with E-state index in [4.69, 9.17) is 0 Å². The minimum absolute atomic E-state index is 0.157. The summed E-state index contributed by atoms with van der Waals surface area (Å²) in [5.74, 6) is 0. The lowest BCUT2D eigenvalue weighted by atomic mass is 9.61. The maximum absolute atomic E-state index is 3.93. The van der Waals surface area contributed by atoms with Crippen molar-refractivity contribution >= 4 is 69.0 Å². The monoisotopic (exact) mass is 624 g/mol. The van der Waals surface area contributed by atoms with Crippen LogP contribution in [0, 0.1) is 0 Å². The van der Waals surface area contributed by atoms with Crippen molar-refractivity contribution < 1.29 is 0 Å². The number of hydrogen-bond acceptors (Lipinski definition) is 1. The number of halogens is 1. The van der Waals surface area contributed by atoms with E-state index >= 15 is 0 Å². The molecular formula is C40H33BrS. The molecule has 6 aromatic carbocycles. The molecule has 0 unspecified atom stereocenters. The average molecular weight is 626 g/mol. The van der Waals surface area contributed by atoms with Crippen LogP contribution in [0.25, 0.3) is 64.0 Å². The summed E-state index contributed by atoms with van der Waals surface area (Å²) in [4.78, 5) is 0. The zero-order valence-corrected chi connectivity index (χ0v) is 26.9. The van der Waals surface area contributed by atoms with Gasteiger partial charge in [-0.15, -0.1) is 11.3 Å².